The van der Waals surface area contributed by atoms with Crippen molar-refractivity contribution in [1.29, 1.82) is 0 Å². The van der Waals surface area contributed by atoms with Crippen molar-refractivity contribution in [2.75, 3.05) is 0 Å². The number of carboxylic acid groups (broad SMARTS) is 1. The van der Waals surface area contributed by atoms with E-state index in [4.69, 9.17) is 0 Å². The Balaban J connectivity index is 2.63. The lowest BCUT2D eigenvalue weighted by molar-refractivity contribution is -0.150. The monoisotopic (exact) mass is 296 g/mol. The number of hydrogen-bond donors (Lipinski definition) is 3. The summed E-state index contributed by atoms with van der Waals surface area (Å²) >= 11 is 0. The molecule has 2 amide bonds. The Morgan fingerprint density at radius 2 is 1.86 bits per heavy atom. The highest BCUT2D eigenvalue weighted by atomic mass is 19.1. The predicted octanol–water partition coefficient (Wildman–Crippen LogP) is 2.51. The van der Waals surface area contributed by atoms with Gasteiger partial charge in [-0.1, -0.05) is 12.1 Å². The van der Waals surface area contributed by atoms with Crippen molar-refractivity contribution < 1.29 is 19.1 Å². The van der Waals surface area contributed by atoms with Crippen LogP contribution in [-0.2, 0) is 11.3 Å². The van der Waals surface area contributed by atoms with Gasteiger partial charge in [-0.15, -0.1) is 0 Å². The molecule has 0 aliphatic carbocycles. The smallest absolute Gasteiger partial charge is 0.315 e. The maximum atomic E-state index is 13.0. The molecule has 0 atom stereocenters. The fraction of sp³-hybridized carbons (Fsp3) is 0.467. The second-order valence-corrected chi connectivity index (χ2v) is 5.99. The van der Waals surface area contributed by atoms with E-state index in [1.807, 2.05) is 0 Å². The van der Waals surface area contributed by atoms with Crippen molar-refractivity contribution in [1.82, 2.24) is 10.6 Å². The Bertz CT molecular complexity index is 541. The first kappa shape index (κ1) is 16.9. The zero-order valence-electron chi connectivity index (χ0n) is 12.7. The molecule has 6 heteroatoms. The molecule has 0 saturated carbocycles. The zero-order chi connectivity index (χ0) is 16.3. The number of halogens is 1. The van der Waals surface area contributed by atoms with Gasteiger partial charge in [-0.05, 0) is 45.4 Å². The second kappa shape index (κ2) is 6.11. The molecule has 0 spiro atoms. The lowest BCUT2D eigenvalue weighted by atomic mass is 9.74. The van der Waals surface area contributed by atoms with Crippen LogP contribution >= 0.6 is 0 Å². The summed E-state index contributed by atoms with van der Waals surface area (Å²) in [5.74, 6) is -1.38. The van der Waals surface area contributed by atoms with Gasteiger partial charge in [-0.2, -0.15) is 0 Å². The topological polar surface area (TPSA) is 78.4 Å². The van der Waals surface area contributed by atoms with E-state index in [-0.39, 0.29) is 12.4 Å². The van der Waals surface area contributed by atoms with Crippen LogP contribution in [0.5, 0.6) is 0 Å². The van der Waals surface area contributed by atoms with Crippen LogP contribution in [0.2, 0.25) is 0 Å². The molecule has 21 heavy (non-hydrogen) atoms. The fourth-order valence-corrected chi connectivity index (χ4v) is 1.58. The van der Waals surface area contributed by atoms with Gasteiger partial charge in [-0.3, -0.25) is 4.79 Å². The minimum atomic E-state index is -1.14. The van der Waals surface area contributed by atoms with Crippen LogP contribution in [0.25, 0.3) is 0 Å². The highest BCUT2D eigenvalue weighted by molar-refractivity contribution is 5.79. The molecule has 0 aromatic heterocycles. The molecule has 0 fully saturated rings. The average molecular weight is 296 g/mol. The van der Waals surface area contributed by atoms with Gasteiger partial charge in [0, 0.05) is 6.54 Å². The molecule has 0 radical (unpaired) electrons. The van der Waals surface area contributed by atoms with Gasteiger partial charge in [-0.25, -0.2) is 9.18 Å². The quantitative estimate of drug-likeness (QED) is 0.781. The van der Waals surface area contributed by atoms with Crippen molar-refractivity contribution in [3.05, 3.63) is 35.6 Å². The summed E-state index contributed by atoms with van der Waals surface area (Å²) in [4.78, 5) is 23.1. The van der Waals surface area contributed by atoms with E-state index < -0.39 is 23.0 Å². The maximum Gasteiger partial charge on any atom is 0.315 e. The van der Waals surface area contributed by atoms with E-state index in [0.29, 0.717) is 5.56 Å². The van der Waals surface area contributed by atoms with Gasteiger partial charge < -0.3 is 15.7 Å². The summed E-state index contributed by atoms with van der Waals surface area (Å²) in [7, 11) is 0. The van der Waals surface area contributed by atoms with Crippen molar-refractivity contribution in [2.45, 2.75) is 39.8 Å². The number of carbonyl (C=O) groups is 2. The molecule has 0 bridgehead atoms. The van der Waals surface area contributed by atoms with Gasteiger partial charge in [0.2, 0.25) is 0 Å². The van der Waals surface area contributed by atoms with Gasteiger partial charge in [0.15, 0.2) is 0 Å². The van der Waals surface area contributed by atoms with E-state index >= 15 is 0 Å². The first-order chi connectivity index (χ1) is 9.56. The summed E-state index contributed by atoms with van der Waals surface area (Å²) in [6, 6.07) is 5.39. The largest absolute Gasteiger partial charge is 0.481 e. The Labute approximate surface area is 123 Å². The predicted molar refractivity (Wildman–Crippen MR) is 77.3 cm³/mol. The Morgan fingerprint density at radius 3 is 2.38 bits per heavy atom. The van der Waals surface area contributed by atoms with Crippen LogP contribution in [0, 0.1) is 11.2 Å². The summed E-state index contributed by atoms with van der Waals surface area (Å²) in [5.41, 5.74) is -1.46. The lowest BCUT2D eigenvalue weighted by Crippen LogP contribution is -2.58. The first-order valence-corrected chi connectivity index (χ1v) is 6.60. The van der Waals surface area contributed by atoms with Crippen LogP contribution in [0.3, 0.4) is 0 Å². The number of aliphatic carboxylic acids is 1. The Kier molecular flexibility index (Phi) is 4.93. The molecule has 0 aliphatic rings. The normalized spacial score (nSPS) is 11.9. The van der Waals surface area contributed by atoms with Crippen LogP contribution in [0.4, 0.5) is 9.18 Å². The van der Waals surface area contributed by atoms with Crippen molar-refractivity contribution in [3.63, 3.8) is 0 Å². The highest BCUT2D eigenvalue weighted by Crippen LogP contribution is 2.30. The molecule has 0 unspecified atom stereocenters. The van der Waals surface area contributed by atoms with E-state index in [1.165, 1.54) is 12.1 Å². The molecule has 116 valence electrons. The fourth-order valence-electron chi connectivity index (χ4n) is 1.58. The van der Waals surface area contributed by atoms with Crippen LogP contribution in [-0.4, -0.2) is 22.6 Å². The minimum absolute atomic E-state index is 0.160. The number of carboxylic acids is 1. The summed E-state index contributed by atoms with van der Waals surface area (Å²) in [5, 5.41) is 14.4. The van der Waals surface area contributed by atoms with Gasteiger partial charge in [0.25, 0.3) is 0 Å². The summed E-state index contributed by atoms with van der Waals surface area (Å²) in [6.45, 7) is 6.53. The van der Waals surface area contributed by atoms with E-state index in [2.05, 4.69) is 10.6 Å². The number of rotatable bonds is 5. The Morgan fingerprint density at radius 1 is 1.24 bits per heavy atom. The molecule has 0 saturated heterocycles. The van der Waals surface area contributed by atoms with Crippen molar-refractivity contribution >= 4 is 12.0 Å². The third-order valence-electron chi connectivity index (χ3n) is 3.87. The number of amides is 2. The van der Waals surface area contributed by atoms with Crippen LogP contribution < -0.4 is 10.6 Å². The molecule has 0 aliphatic heterocycles. The molecule has 1 rings (SSSR count). The van der Waals surface area contributed by atoms with Gasteiger partial charge in [0.1, 0.15) is 5.82 Å². The molecule has 0 heterocycles. The van der Waals surface area contributed by atoms with Crippen molar-refractivity contribution in [2.24, 2.45) is 5.41 Å². The number of hydrogen-bond acceptors (Lipinski definition) is 2. The first-order valence-electron chi connectivity index (χ1n) is 6.60. The highest BCUT2D eigenvalue weighted by Gasteiger charge is 2.44. The van der Waals surface area contributed by atoms with Gasteiger partial charge >= 0.3 is 12.0 Å². The second-order valence-electron chi connectivity index (χ2n) is 5.99. The zero-order valence-corrected chi connectivity index (χ0v) is 12.7. The standard InChI is InChI=1S/C15H21FN2O3/c1-14(2,12(19)20)15(3,4)18-13(21)17-9-10-6-5-7-11(16)8-10/h5-8H,9H2,1-4H3,(H,19,20)(H2,17,18,21). The van der Waals surface area contributed by atoms with E-state index in [0.717, 1.165) is 0 Å². The summed E-state index contributed by atoms with van der Waals surface area (Å²) in [6.07, 6.45) is 0. The number of nitrogens with one attached hydrogen (secondary N) is 2. The SMILES string of the molecule is CC(C)(NC(=O)NCc1cccc(F)c1)C(C)(C)C(=O)O. The third-order valence-corrected chi connectivity index (χ3v) is 3.87. The number of carbonyl (C=O) groups excluding carboxylic acids is 1. The molecule has 3 N–H and O–H groups in total. The van der Waals surface area contributed by atoms with Crippen LogP contribution in [0.15, 0.2) is 24.3 Å². The maximum absolute atomic E-state index is 13.0. The average Bonchev–Trinajstić information content (AvgIpc) is 2.35. The number of benzene rings is 1. The molecular formula is C15H21FN2O3. The third kappa shape index (κ3) is 4.18. The molecule has 5 nitrogen and oxygen atoms in total. The van der Waals surface area contributed by atoms with Crippen LogP contribution in [0.1, 0.15) is 33.3 Å². The molecule has 1 aromatic carbocycles. The van der Waals surface area contributed by atoms with Crippen molar-refractivity contribution in [3.8, 4) is 0 Å². The van der Waals surface area contributed by atoms with E-state index in [9.17, 15) is 19.1 Å². The number of urea groups is 1. The van der Waals surface area contributed by atoms with Gasteiger partial charge in [0.05, 0.1) is 11.0 Å². The summed E-state index contributed by atoms with van der Waals surface area (Å²) < 4.78 is 13.0. The van der Waals surface area contributed by atoms with E-state index in [1.54, 1.807) is 39.8 Å². The molecular weight excluding hydrogens is 275 g/mol. The Hall–Kier alpha value is -2.11. The minimum Gasteiger partial charge on any atom is -0.481 e. The molecule has 1 aromatic rings. The lowest BCUT2D eigenvalue weighted by Gasteiger charge is -2.38.